The maximum Gasteiger partial charge on any atom is 0.416 e. The molecule has 0 spiro atoms. The highest BCUT2D eigenvalue weighted by molar-refractivity contribution is 7.91. The number of anilines is 1. The molecule has 3 atom stereocenters. The van der Waals surface area contributed by atoms with Gasteiger partial charge < -0.3 is 20.1 Å². The zero-order valence-corrected chi connectivity index (χ0v) is 23.4. The number of nitrogens with one attached hydrogen (secondary N) is 1. The molecule has 1 aliphatic rings. The number of amides is 1. The van der Waals surface area contributed by atoms with Gasteiger partial charge in [0, 0.05) is 24.9 Å². The van der Waals surface area contributed by atoms with Crippen molar-refractivity contribution in [2.75, 3.05) is 37.3 Å². The van der Waals surface area contributed by atoms with E-state index in [1.165, 1.54) is 55.7 Å². The Bertz CT molecular complexity index is 1450. The number of hydrogen-bond donors (Lipinski definition) is 2. The number of rotatable bonds is 11. The third-order valence-corrected chi connectivity index (χ3v) is 8.93. The molecule has 0 saturated carbocycles. The number of alkyl halides is 4. The molecular weight excluding hydrogens is 580 g/mol. The summed E-state index contributed by atoms with van der Waals surface area (Å²) in [7, 11) is -3.40. The molecule has 1 fully saturated rings. The van der Waals surface area contributed by atoms with Crippen molar-refractivity contribution in [2.24, 2.45) is 0 Å². The maximum atomic E-state index is 13.0. The van der Waals surface area contributed by atoms with Crippen LogP contribution in [0.5, 0.6) is 0 Å². The Hall–Kier alpha value is -3.62. The molecule has 2 heterocycles. The summed E-state index contributed by atoms with van der Waals surface area (Å²) in [5.41, 5.74) is 0.528. The third-order valence-electron chi connectivity index (χ3n) is 7.18. The van der Waals surface area contributed by atoms with Gasteiger partial charge in [0.05, 0.1) is 47.1 Å². The number of aliphatic hydroxyl groups excluding tert-OH is 1. The van der Waals surface area contributed by atoms with Crippen molar-refractivity contribution >= 4 is 21.7 Å². The predicted octanol–water partition coefficient (Wildman–Crippen LogP) is 4.06. The van der Waals surface area contributed by atoms with Crippen molar-refractivity contribution in [3.05, 3.63) is 83.2 Å². The molecule has 2 aromatic carbocycles. The molecule has 14 heteroatoms. The van der Waals surface area contributed by atoms with E-state index in [9.17, 15) is 35.9 Å². The molecule has 1 aromatic heterocycles. The Morgan fingerprint density at radius 3 is 2.31 bits per heavy atom. The number of halogens is 4. The van der Waals surface area contributed by atoms with Crippen LogP contribution in [0, 0.1) is 0 Å². The number of benzene rings is 2. The SMILES string of the molecule is CCS(=O)(=O)c1ccc([C@H](CO)NC(=O)c2cnc(N3CC(c4ccc(C(F)(F)F)cc4)C[C@H]3COCF)nc2)cc1. The van der Waals surface area contributed by atoms with Gasteiger partial charge in [0.25, 0.3) is 5.91 Å². The largest absolute Gasteiger partial charge is 0.416 e. The van der Waals surface area contributed by atoms with Crippen LogP contribution in [0.25, 0.3) is 0 Å². The second kappa shape index (κ2) is 13.1. The Kier molecular flexibility index (Phi) is 9.79. The zero-order chi connectivity index (χ0) is 30.5. The smallest absolute Gasteiger partial charge is 0.394 e. The van der Waals surface area contributed by atoms with Gasteiger partial charge in [0.2, 0.25) is 5.95 Å². The summed E-state index contributed by atoms with van der Waals surface area (Å²) < 4.78 is 80.8. The average molecular weight is 611 g/mol. The fourth-order valence-corrected chi connectivity index (χ4v) is 5.71. The van der Waals surface area contributed by atoms with Crippen LogP contribution < -0.4 is 10.2 Å². The molecular formula is C28H30F4N4O5S. The molecule has 1 unspecified atom stereocenters. The fraction of sp³-hybridized carbons (Fsp3) is 0.393. The first kappa shape index (κ1) is 31.3. The summed E-state index contributed by atoms with van der Waals surface area (Å²) in [6, 6.07) is 9.58. The Morgan fingerprint density at radius 2 is 1.76 bits per heavy atom. The van der Waals surface area contributed by atoms with Crippen LogP contribution in [0.4, 0.5) is 23.5 Å². The van der Waals surface area contributed by atoms with Gasteiger partial charge in [-0.25, -0.2) is 22.8 Å². The number of ether oxygens (including phenoxy) is 1. The lowest BCUT2D eigenvalue weighted by Crippen LogP contribution is -2.35. The minimum Gasteiger partial charge on any atom is -0.394 e. The van der Waals surface area contributed by atoms with E-state index in [2.05, 4.69) is 15.3 Å². The maximum absolute atomic E-state index is 13.0. The third kappa shape index (κ3) is 7.23. The van der Waals surface area contributed by atoms with E-state index < -0.39 is 47.0 Å². The summed E-state index contributed by atoms with van der Waals surface area (Å²) in [4.78, 5) is 23.4. The van der Waals surface area contributed by atoms with E-state index in [0.717, 1.165) is 12.1 Å². The number of hydrogen-bond acceptors (Lipinski definition) is 8. The summed E-state index contributed by atoms with van der Waals surface area (Å²) in [6.45, 7) is 0.439. The number of carbonyl (C=O) groups excluding carboxylic acids is 1. The summed E-state index contributed by atoms with van der Waals surface area (Å²) >= 11 is 0. The van der Waals surface area contributed by atoms with E-state index in [0.29, 0.717) is 24.1 Å². The normalized spacial score (nSPS) is 18.2. The zero-order valence-electron chi connectivity index (χ0n) is 22.6. The number of sulfone groups is 1. The van der Waals surface area contributed by atoms with Crippen LogP contribution in [0.1, 0.15) is 52.4 Å². The Balaban J connectivity index is 1.46. The van der Waals surface area contributed by atoms with Crippen molar-refractivity contribution in [1.29, 1.82) is 0 Å². The van der Waals surface area contributed by atoms with Crippen LogP contribution in [0.15, 0.2) is 65.8 Å². The van der Waals surface area contributed by atoms with Crippen LogP contribution in [0.3, 0.4) is 0 Å². The van der Waals surface area contributed by atoms with Gasteiger partial charge in [-0.2, -0.15) is 13.2 Å². The second-order valence-electron chi connectivity index (χ2n) is 9.79. The molecule has 0 radical (unpaired) electrons. The molecule has 0 bridgehead atoms. The van der Waals surface area contributed by atoms with E-state index in [4.69, 9.17) is 4.74 Å². The number of carbonyl (C=O) groups is 1. The lowest BCUT2D eigenvalue weighted by atomic mass is 9.95. The van der Waals surface area contributed by atoms with Gasteiger partial charge in [-0.3, -0.25) is 4.79 Å². The number of aromatic nitrogens is 2. The lowest BCUT2D eigenvalue weighted by Gasteiger charge is -2.24. The van der Waals surface area contributed by atoms with Crippen molar-refractivity contribution in [3.8, 4) is 0 Å². The molecule has 42 heavy (non-hydrogen) atoms. The lowest BCUT2D eigenvalue weighted by molar-refractivity contribution is -0.137. The predicted molar refractivity (Wildman–Crippen MR) is 145 cm³/mol. The van der Waals surface area contributed by atoms with Crippen LogP contribution >= 0.6 is 0 Å². The fourth-order valence-electron chi connectivity index (χ4n) is 4.82. The molecule has 1 aliphatic heterocycles. The van der Waals surface area contributed by atoms with E-state index >= 15 is 0 Å². The molecule has 4 rings (SSSR count). The molecule has 226 valence electrons. The monoisotopic (exact) mass is 610 g/mol. The molecule has 2 N–H and O–H groups in total. The molecule has 1 amide bonds. The van der Waals surface area contributed by atoms with E-state index in [-0.39, 0.29) is 40.7 Å². The van der Waals surface area contributed by atoms with E-state index in [1.54, 1.807) is 4.90 Å². The standard InChI is InChI=1S/C28H30F4N4O5S/c1-2-42(39,40)24-9-5-19(6-10-24)25(15-37)35-26(38)21-12-33-27(34-13-21)36-14-20(11-23(36)16-41-17-29)18-3-7-22(8-4-18)28(30,31)32/h3-10,12-13,20,23,25,37H,2,11,14-17H2,1H3,(H,35,38)/t20?,23-,25-/m0/s1. The summed E-state index contributed by atoms with van der Waals surface area (Å²) in [6.07, 6.45) is -1.39. The van der Waals surface area contributed by atoms with Gasteiger partial charge in [-0.05, 0) is 41.8 Å². The van der Waals surface area contributed by atoms with Gasteiger partial charge in [-0.15, -0.1) is 0 Å². The molecule has 0 aliphatic carbocycles. The Morgan fingerprint density at radius 1 is 1.12 bits per heavy atom. The van der Waals surface area contributed by atoms with Crippen LogP contribution in [-0.4, -0.2) is 67.8 Å². The molecule has 9 nitrogen and oxygen atoms in total. The first-order valence-corrected chi connectivity index (χ1v) is 14.8. The Labute approximate surface area is 240 Å². The van der Waals surface area contributed by atoms with Gasteiger partial charge in [0.1, 0.15) is 0 Å². The van der Waals surface area contributed by atoms with Crippen molar-refractivity contribution in [2.45, 2.75) is 42.4 Å². The van der Waals surface area contributed by atoms with Crippen LogP contribution in [0.2, 0.25) is 0 Å². The summed E-state index contributed by atoms with van der Waals surface area (Å²) in [5.74, 6) is -0.581. The van der Waals surface area contributed by atoms with Gasteiger partial charge >= 0.3 is 6.18 Å². The molecule has 1 saturated heterocycles. The van der Waals surface area contributed by atoms with Crippen LogP contribution in [-0.2, 0) is 20.8 Å². The minimum absolute atomic E-state index is 0.00968. The average Bonchev–Trinajstić information content (AvgIpc) is 3.42. The van der Waals surface area contributed by atoms with E-state index in [1.807, 2.05) is 0 Å². The first-order valence-electron chi connectivity index (χ1n) is 13.1. The summed E-state index contributed by atoms with van der Waals surface area (Å²) in [5, 5.41) is 12.5. The van der Waals surface area contributed by atoms with Crippen molar-refractivity contribution in [1.82, 2.24) is 15.3 Å². The highest BCUT2D eigenvalue weighted by atomic mass is 32.2. The highest BCUT2D eigenvalue weighted by Gasteiger charge is 2.36. The minimum atomic E-state index is -4.45. The topological polar surface area (TPSA) is 122 Å². The first-order chi connectivity index (χ1) is 20.0. The highest BCUT2D eigenvalue weighted by Crippen LogP contribution is 2.36. The second-order valence-corrected chi connectivity index (χ2v) is 12.1. The number of nitrogens with zero attached hydrogens (tertiary/aromatic N) is 3. The van der Waals surface area contributed by atoms with Gasteiger partial charge in [-0.1, -0.05) is 31.2 Å². The number of aliphatic hydroxyl groups is 1. The molecule has 3 aromatic rings. The van der Waals surface area contributed by atoms with Crippen molar-refractivity contribution < 1.29 is 40.6 Å². The van der Waals surface area contributed by atoms with Gasteiger partial charge in [0.15, 0.2) is 16.7 Å². The van der Waals surface area contributed by atoms with Crippen molar-refractivity contribution in [3.63, 3.8) is 0 Å². The quantitative estimate of drug-likeness (QED) is 0.312.